The number of urea groups is 1. The molecule has 10 nitrogen and oxygen atoms in total. The zero-order valence-electron chi connectivity index (χ0n) is 22.5. The number of ether oxygens (including phenoxy) is 1. The Bertz CT molecular complexity index is 1770. The van der Waals surface area contributed by atoms with Crippen LogP contribution < -0.4 is 20.6 Å². The van der Waals surface area contributed by atoms with Crippen molar-refractivity contribution in [3.8, 4) is 17.2 Å². The van der Waals surface area contributed by atoms with E-state index in [1.165, 1.54) is 30.5 Å². The summed E-state index contributed by atoms with van der Waals surface area (Å²) in [6.07, 6.45) is 3.09. The van der Waals surface area contributed by atoms with Crippen molar-refractivity contribution in [2.24, 2.45) is 0 Å². The highest BCUT2D eigenvalue weighted by molar-refractivity contribution is 6.17. The normalized spacial score (nSPS) is 11.2. The number of hydrogen-bond donors (Lipinski definition) is 3. The number of carbonyl (C=O) groups is 2. The van der Waals surface area contributed by atoms with Crippen molar-refractivity contribution in [1.29, 1.82) is 0 Å². The molecule has 12 heteroatoms. The summed E-state index contributed by atoms with van der Waals surface area (Å²) in [5, 5.41) is 13.0. The van der Waals surface area contributed by atoms with Crippen LogP contribution in [0.1, 0.15) is 37.0 Å². The molecule has 0 saturated carbocycles. The van der Waals surface area contributed by atoms with E-state index in [4.69, 9.17) is 17.8 Å². The van der Waals surface area contributed by atoms with Gasteiger partial charge in [-0.3, -0.25) is 20.1 Å². The highest BCUT2D eigenvalue weighted by Gasteiger charge is 2.22. The molecule has 204 valence electrons. The van der Waals surface area contributed by atoms with Crippen LogP contribution in [0.4, 0.5) is 20.7 Å². The maximum Gasteiger partial charge on any atom is 0.324 e. The van der Waals surface area contributed by atoms with E-state index in [1.54, 1.807) is 16.9 Å². The molecule has 0 bridgehead atoms. The number of aromatic nitrogens is 4. The molecular formula is C29H25BFN7O3. The second-order valence-corrected chi connectivity index (χ2v) is 10.1. The average molecular weight is 549 g/mol. The molecule has 0 aliphatic rings. The molecule has 0 spiro atoms. The van der Waals surface area contributed by atoms with Gasteiger partial charge in [0, 0.05) is 41.4 Å². The van der Waals surface area contributed by atoms with Gasteiger partial charge < -0.3 is 15.3 Å². The Balaban J connectivity index is 1.34. The van der Waals surface area contributed by atoms with Crippen molar-refractivity contribution < 1.29 is 18.7 Å². The highest BCUT2D eigenvalue weighted by atomic mass is 19.1. The van der Waals surface area contributed by atoms with E-state index in [1.807, 2.05) is 56.3 Å². The second kappa shape index (κ2) is 11.1. The van der Waals surface area contributed by atoms with Gasteiger partial charge in [-0.25, -0.2) is 13.9 Å². The van der Waals surface area contributed by atoms with Gasteiger partial charge in [-0.15, -0.1) is 0 Å². The third kappa shape index (κ3) is 6.16. The largest absolute Gasteiger partial charge is 0.457 e. The minimum absolute atomic E-state index is 0.0367. The Morgan fingerprint density at radius 1 is 0.927 bits per heavy atom. The molecule has 3 aromatic heterocycles. The van der Waals surface area contributed by atoms with Gasteiger partial charge in [-0.05, 0) is 42.5 Å². The lowest BCUT2D eigenvalue weighted by molar-refractivity contribution is 0.0976. The SMILES string of the molecule is [B]NC(=O)c1cc(Oc2ccc(NC(=O)Nc3cc(C(C)(C)C)nn3-c3ccc4ncccc4c3)c(F)c2)ccn1. The molecule has 5 rings (SSSR count). The monoisotopic (exact) mass is 549 g/mol. The molecule has 0 aliphatic heterocycles. The summed E-state index contributed by atoms with van der Waals surface area (Å²) in [4.78, 5) is 32.9. The zero-order valence-corrected chi connectivity index (χ0v) is 22.5. The molecular weight excluding hydrogens is 524 g/mol. The topological polar surface area (TPSA) is 123 Å². The number of carbonyl (C=O) groups excluding carboxylic acids is 2. The number of hydrogen-bond acceptors (Lipinski definition) is 6. The number of amides is 3. The van der Waals surface area contributed by atoms with Crippen LogP contribution in [0.25, 0.3) is 16.6 Å². The highest BCUT2D eigenvalue weighted by Crippen LogP contribution is 2.29. The van der Waals surface area contributed by atoms with Gasteiger partial charge in [0.05, 0.1) is 22.6 Å². The molecule has 0 unspecified atom stereocenters. The summed E-state index contributed by atoms with van der Waals surface area (Å²) in [7, 11) is 5.13. The molecule has 0 saturated heterocycles. The van der Waals surface area contributed by atoms with Crippen molar-refractivity contribution >= 4 is 42.3 Å². The van der Waals surface area contributed by atoms with Gasteiger partial charge in [0.1, 0.15) is 28.8 Å². The Morgan fingerprint density at radius 3 is 2.49 bits per heavy atom. The van der Waals surface area contributed by atoms with Crippen molar-refractivity contribution in [3.05, 3.63) is 96.3 Å². The van der Waals surface area contributed by atoms with Crippen LogP contribution in [0.3, 0.4) is 0 Å². The summed E-state index contributed by atoms with van der Waals surface area (Å²) in [6.45, 7) is 6.06. The van der Waals surface area contributed by atoms with Gasteiger partial charge in [-0.1, -0.05) is 26.8 Å². The van der Waals surface area contributed by atoms with Crippen LogP contribution in [-0.4, -0.2) is 39.7 Å². The lowest BCUT2D eigenvalue weighted by atomic mass is 9.92. The molecule has 3 amide bonds. The Hall–Kier alpha value is -5.26. The number of anilines is 2. The number of rotatable bonds is 6. The first-order chi connectivity index (χ1) is 19.6. The summed E-state index contributed by atoms with van der Waals surface area (Å²) in [5.74, 6) is -0.509. The Morgan fingerprint density at radius 2 is 1.73 bits per heavy atom. The maximum absolute atomic E-state index is 14.9. The molecule has 0 aliphatic carbocycles. The Labute approximate surface area is 236 Å². The van der Waals surface area contributed by atoms with Gasteiger partial charge in [0.25, 0.3) is 5.91 Å². The minimum Gasteiger partial charge on any atom is -0.457 e. The zero-order chi connectivity index (χ0) is 29.1. The number of nitrogens with one attached hydrogen (secondary N) is 3. The van der Waals surface area contributed by atoms with E-state index in [0.29, 0.717) is 5.82 Å². The quantitative estimate of drug-likeness (QED) is 0.241. The first-order valence-corrected chi connectivity index (χ1v) is 12.6. The van der Waals surface area contributed by atoms with E-state index in [2.05, 4.69) is 20.6 Å². The van der Waals surface area contributed by atoms with Crippen LogP contribution >= 0.6 is 0 Å². The molecule has 5 aromatic rings. The lowest BCUT2D eigenvalue weighted by Gasteiger charge is -2.14. The smallest absolute Gasteiger partial charge is 0.324 e. The van der Waals surface area contributed by atoms with E-state index in [9.17, 15) is 14.0 Å². The molecule has 3 heterocycles. The van der Waals surface area contributed by atoms with E-state index >= 15 is 0 Å². The summed E-state index contributed by atoms with van der Waals surface area (Å²) < 4.78 is 22.2. The fourth-order valence-corrected chi connectivity index (χ4v) is 3.97. The average Bonchev–Trinajstić information content (AvgIpc) is 3.38. The predicted octanol–water partition coefficient (Wildman–Crippen LogP) is 5.50. The van der Waals surface area contributed by atoms with Crippen LogP contribution in [0.2, 0.25) is 0 Å². The molecule has 2 aromatic carbocycles. The van der Waals surface area contributed by atoms with Crippen LogP contribution in [-0.2, 0) is 5.41 Å². The lowest BCUT2D eigenvalue weighted by Crippen LogP contribution is -2.22. The van der Waals surface area contributed by atoms with E-state index < -0.39 is 17.8 Å². The van der Waals surface area contributed by atoms with Gasteiger partial charge in [0.2, 0.25) is 7.98 Å². The number of halogens is 1. The third-order valence-electron chi connectivity index (χ3n) is 6.07. The van der Waals surface area contributed by atoms with Crippen LogP contribution in [0, 0.1) is 5.82 Å². The van der Waals surface area contributed by atoms with E-state index in [-0.39, 0.29) is 28.3 Å². The molecule has 2 radical (unpaired) electrons. The number of pyridine rings is 2. The summed E-state index contributed by atoms with van der Waals surface area (Å²) >= 11 is 0. The maximum atomic E-state index is 14.9. The fourth-order valence-electron chi connectivity index (χ4n) is 3.97. The van der Waals surface area contributed by atoms with Crippen LogP contribution in [0.15, 0.2) is 79.1 Å². The third-order valence-corrected chi connectivity index (χ3v) is 6.07. The van der Waals surface area contributed by atoms with Gasteiger partial charge in [0.15, 0.2) is 0 Å². The number of fused-ring (bicyclic) bond motifs is 1. The standard InChI is InChI=1S/C29H25BFN7O3/c1-29(2,3)25-16-26(38(37-25)18-6-8-22-17(13-18)5-4-11-32-22)35-28(40)34-23-9-7-19(14-21(23)31)41-20-10-12-33-24(15-20)27(39)36-30/h4-16H,1-3H3,(H,36,39)(H2,34,35,40). The van der Waals surface area contributed by atoms with Gasteiger partial charge in [-0.2, -0.15) is 5.10 Å². The number of nitrogens with zero attached hydrogens (tertiary/aromatic N) is 4. The first-order valence-electron chi connectivity index (χ1n) is 12.6. The van der Waals surface area contributed by atoms with Gasteiger partial charge >= 0.3 is 6.03 Å². The van der Waals surface area contributed by atoms with Crippen LogP contribution in [0.5, 0.6) is 11.5 Å². The first kappa shape index (κ1) is 27.3. The van der Waals surface area contributed by atoms with Crippen molar-refractivity contribution in [2.45, 2.75) is 26.2 Å². The molecule has 3 N–H and O–H groups in total. The summed E-state index contributed by atoms with van der Waals surface area (Å²) in [6, 6.07) is 17.4. The fraction of sp³-hybridized carbons (Fsp3) is 0.138. The van der Waals surface area contributed by atoms with Crippen molar-refractivity contribution in [1.82, 2.24) is 25.0 Å². The molecule has 41 heavy (non-hydrogen) atoms. The van der Waals surface area contributed by atoms with Crippen molar-refractivity contribution in [3.63, 3.8) is 0 Å². The Kier molecular flexibility index (Phi) is 7.39. The second-order valence-electron chi connectivity index (χ2n) is 10.1. The predicted molar refractivity (Wildman–Crippen MR) is 154 cm³/mol. The molecule has 0 fully saturated rings. The summed E-state index contributed by atoms with van der Waals surface area (Å²) in [5.41, 5.74) is 2.01. The molecule has 0 atom stereocenters. The number of benzene rings is 2. The minimum atomic E-state index is -0.724. The van der Waals surface area contributed by atoms with E-state index in [0.717, 1.165) is 28.4 Å². The van der Waals surface area contributed by atoms with Crippen molar-refractivity contribution in [2.75, 3.05) is 10.6 Å².